The van der Waals surface area contributed by atoms with E-state index in [1.807, 2.05) is 12.1 Å². The Labute approximate surface area is 136 Å². The van der Waals surface area contributed by atoms with Crippen molar-refractivity contribution in [3.8, 4) is 0 Å². The molecule has 1 aromatic heterocycles. The van der Waals surface area contributed by atoms with Crippen molar-refractivity contribution in [3.63, 3.8) is 0 Å². The normalized spacial score (nSPS) is 11.0. The maximum atomic E-state index is 12.3. The number of benzene rings is 1. The van der Waals surface area contributed by atoms with Gasteiger partial charge in [-0.1, -0.05) is 45.6 Å². The first-order valence-electron chi connectivity index (χ1n) is 8.67. The van der Waals surface area contributed by atoms with Gasteiger partial charge in [0.15, 0.2) is 0 Å². The number of hydrogen-bond acceptors (Lipinski definition) is 3. The molecule has 0 bridgehead atoms. The lowest BCUT2D eigenvalue weighted by Gasteiger charge is -2.26. The molecule has 0 saturated carbocycles. The first-order valence-corrected chi connectivity index (χ1v) is 8.67. The first-order chi connectivity index (χ1) is 11.2. The van der Waals surface area contributed by atoms with Crippen LogP contribution in [0.1, 0.15) is 52.4 Å². The summed E-state index contributed by atoms with van der Waals surface area (Å²) >= 11 is 0. The van der Waals surface area contributed by atoms with Gasteiger partial charge in [0, 0.05) is 13.1 Å². The fourth-order valence-corrected chi connectivity index (χ4v) is 2.93. The Morgan fingerprint density at radius 2 is 1.48 bits per heavy atom. The van der Waals surface area contributed by atoms with Gasteiger partial charge in [-0.05, 0) is 25.0 Å². The molecule has 0 radical (unpaired) electrons. The topological polar surface area (TPSA) is 69.0 Å². The van der Waals surface area contributed by atoms with Crippen molar-refractivity contribution < 1.29 is 0 Å². The third-order valence-electron chi connectivity index (χ3n) is 4.21. The van der Waals surface area contributed by atoms with E-state index in [2.05, 4.69) is 28.9 Å². The van der Waals surface area contributed by atoms with E-state index in [0.29, 0.717) is 10.8 Å². The zero-order valence-corrected chi connectivity index (χ0v) is 14.2. The van der Waals surface area contributed by atoms with Crippen LogP contribution in [0.5, 0.6) is 0 Å². The number of rotatable bonds is 9. The third-order valence-corrected chi connectivity index (χ3v) is 4.21. The molecule has 1 heterocycles. The minimum atomic E-state index is -0.247. The Morgan fingerprint density at radius 1 is 0.870 bits per heavy atom. The maximum Gasteiger partial charge on any atom is 0.272 e. The number of anilines is 1. The van der Waals surface area contributed by atoms with Crippen molar-refractivity contribution in [2.45, 2.75) is 52.4 Å². The molecule has 1 aromatic carbocycles. The molecule has 5 heteroatoms. The van der Waals surface area contributed by atoms with Gasteiger partial charge in [0.1, 0.15) is 0 Å². The summed E-state index contributed by atoms with van der Waals surface area (Å²) in [4.78, 5) is 26.5. The minimum Gasteiger partial charge on any atom is -0.371 e. The van der Waals surface area contributed by atoms with E-state index in [1.165, 1.54) is 25.7 Å². The number of nitrogens with one attached hydrogen (secondary N) is 2. The van der Waals surface area contributed by atoms with Crippen molar-refractivity contribution in [2.24, 2.45) is 0 Å². The highest BCUT2D eigenvalue weighted by Crippen LogP contribution is 2.23. The van der Waals surface area contributed by atoms with Gasteiger partial charge >= 0.3 is 0 Å². The molecule has 0 unspecified atom stereocenters. The molecule has 2 rings (SSSR count). The van der Waals surface area contributed by atoms with Crippen LogP contribution in [0.4, 0.5) is 5.69 Å². The summed E-state index contributed by atoms with van der Waals surface area (Å²) < 4.78 is 0. The highest BCUT2D eigenvalue weighted by atomic mass is 16.1. The first kappa shape index (κ1) is 17.3. The number of fused-ring (bicyclic) bond motifs is 1. The number of aromatic nitrogens is 2. The number of H-pyrrole nitrogens is 2. The standard InChI is InChI=1S/C18H27N3O2/c1-3-5-7-12-21(13-8-6-4-2)15-11-9-10-14-16(15)18(23)20-19-17(14)22/h9-11H,3-8,12-13H2,1-2H3,(H,19,22)(H,20,23). The summed E-state index contributed by atoms with van der Waals surface area (Å²) in [6, 6.07) is 5.52. The Morgan fingerprint density at radius 3 is 2.09 bits per heavy atom. The van der Waals surface area contributed by atoms with Gasteiger partial charge in [-0.25, -0.2) is 0 Å². The van der Waals surface area contributed by atoms with Crippen molar-refractivity contribution in [1.29, 1.82) is 0 Å². The molecule has 0 amide bonds. The van der Waals surface area contributed by atoms with Crippen molar-refractivity contribution >= 4 is 16.5 Å². The number of aromatic amines is 2. The molecule has 0 atom stereocenters. The van der Waals surface area contributed by atoms with E-state index in [0.717, 1.165) is 31.6 Å². The van der Waals surface area contributed by atoms with Gasteiger partial charge in [-0.15, -0.1) is 0 Å². The lowest BCUT2D eigenvalue weighted by Crippen LogP contribution is -2.28. The van der Waals surface area contributed by atoms with Crippen molar-refractivity contribution in [1.82, 2.24) is 10.2 Å². The molecule has 0 saturated heterocycles. The molecule has 23 heavy (non-hydrogen) atoms. The van der Waals surface area contributed by atoms with Crippen LogP contribution in [0, 0.1) is 0 Å². The summed E-state index contributed by atoms with van der Waals surface area (Å²) in [6.45, 7) is 6.21. The van der Waals surface area contributed by atoms with Gasteiger partial charge in [-0.3, -0.25) is 19.8 Å². The van der Waals surface area contributed by atoms with E-state index in [-0.39, 0.29) is 11.1 Å². The lowest BCUT2D eigenvalue weighted by molar-refractivity contribution is 0.637. The lowest BCUT2D eigenvalue weighted by atomic mass is 10.1. The summed E-state index contributed by atoms with van der Waals surface area (Å²) in [6.07, 6.45) is 6.87. The Balaban J connectivity index is 2.40. The highest BCUT2D eigenvalue weighted by Gasteiger charge is 2.14. The number of nitrogens with zero attached hydrogens (tertiary/aromatic N) is 1. The molecular weight excluding hydrogens is 290 g/mol. The van der Waals surface area contributed by atoms with Crippen LogP contribution in [0.3, 0.4) is 0 Å². The van der Waals surface area contributed by atoms with E-state index >= 15 is 0 Å². The molecule has 126 valence electrons. The zero-order valence-electron chi connectivity index (χ0n) is 14.2. The van der Waals surface area contributed by atoms with Gasteiger partial charge in [0.25, 0.3) is 11.1 Å². The molecular formula is C18H27N3O2. The van der Waals surface area contributed by atoms with Gasteiger partial charge < -0.3 is 4.90 Å². The molecule has 2 aromatic rings. The molecule has 0 spiro atoms. The quantitative estimate of drug-likeness (QED) is 0.696. The Hall–Kier alpha value is -2.04. The largest absolute Gasteiger partial charge is 0.371 e. The van der Waals surface area contributed by atoms with E-state index in [9.17, 15) is 9.59 Å². The van der Waals surface area contributed by atoms with Gasteiger partial charge in [0.2, 0.25) is 0 Å². The van der Waals surface area contributed by atoms with Crippen LogP contribution >= 0.6 is 0 Å². The number of hydrogen-bond donors (Lipinski definition) is 2. The molecule has 2 N–H and O–H groups in total. The third kappa shape index (κ3) is 4.24. The molecule has 5 nitrogen and oxygen atoms in total. The van der Waals surface area contributed by atoms with Crippen LogP contribution in [-0.4, -0.2) is 23.3 Å². The average molecular weight is 317 g/mol. The molecule has 0 aliphatic rings. The summed E-state index contributed by atoms with van der Waals surface area (Å²) in [5, 5.41) is 5.82. The zero-order chi connectivity index (χ0) is 16.7. The minimum absolute atomic E-state index is 0.230. The van der Waals surface area contributed by atoms with Crippen LogP contribution in [0.15, 0.2) is 27.8 Å². The second kappa shape index (κ2) is 8.56. The van der Waals surface area contributed by atoms with Crippen molar-refractivity contribution in [2.75, 3.05) is 18.0 Å². The smallest absolute Gasteiger partial charge is 0.272 e. The fraction of sp³-hybridized carbons (Fsp3) is 0.556. The van der Waals surface area contributed by atoms with E-state index < -0.39 is 0 Å². The Kier molecular flexibility index (Phi) is 6.44. The predicted octanol–water partition coefficient (Wildman–Crippen LogP) is 3.40. The van der Waals surface area contributed by atoms with Crippen LogP contribution < -0.4 is 16.0 Å². The van der Waals surface area contributed by atoms with Crippen LogP contribution in [0.2, 0.25) is 0 Å². The highest BCUT2D eigenvalue weighted by molar-refractivity contribution is 5.92. The monoisotopic (exact) mass is 317 g/mol. The molecule has 0 aliphatic carbocycles. The van der Waals surface area contributed by atoms with Crippen LogP contribution in [-0.2, 0) is 0 Å². The summed E-state index contributed by atoms with van der Waals surface area (Å²) in [7, 11) is 0. The van der Waals surface area contributed by atoms with Gasteiger partial charge in [-0.2, -0.15) is 0 Å². The second-order valence-electron chi connectivity index (χ2n) is 6.01. The van der Waals surface area contributed by atoms with E-state index in [4.69, 9.17) is 0 Å². The predicted molar refractivity (Wildman–Crippen MR) is 96.5 cm³/mol. The SMILES string of the molecule is CCCCCN(CCCCC)c1cccc2c(=O)[nH][nH]c(=O)c12. The van der Waals surface area contributed by atoms with Gasteiger partial charge in [0.05, 0.1) is 16.5 Å². The fourth-order valence-electron chi connectivity index (χ4n) is 2.93. The molecule has 0 fully saturated rings. The Bertz CT molecular complexity index is 723. The van der Waals surface area contributed by atoms with Crippen molar-refractivity contribution in [3.05, 3.63) is 38.9 Å². The summed E-state index contributed by atoms with van der Waals surface area (Å²) in [5.41, 5.74) is 0.400. The second-order valence-corrected chi connectivity index (χ2v) is 6.01. The summed E-state index contributed by atoms with van der Waals surface area (Å²) in [5.74, 6) is 0. The average Bonchev–Trinajstić information content (AvgIpc) is 2.57. The van der Waals surface area contributed by atoms with E-state index in [1.54, 1.807) is 6.07 Å². The maximum absolute atomic E-state index is 12.3. The van der Waals surface area contributed by atoms with Crippen LogP contribution in [0.25, 0.3) is 10.8 Å². The molecule has 0 aliphatic heterocycles. The number of unbranched alkanes of at least 4 members (excludes halogenated alkanes) is 4.